The minimum atomic E-state index is 0.0662. The first-order valence-corrected chi connectivity index (χ1v) is 6.34. The van der Waals surface area contributed by atoms with Crippen molar-refractivity contribution in [1.29, 1.82) is 0 Å². The maximum atomic E-state index is 10.5. The normalized spacial score (nSPS) is 10.6. The molecule has 0 atom stereocenters. The monoisotopic (exact) mass is 218 g/mol. The van der Waals surface area contributed by atoms with E-state index in [4.69, 9.17) is 0 Å². The van der Waals surface area contributed by atoms with E-state index in [-0.39, 0.29) is 5.91 Å². The first-order chi connectivity index (χ1) is 6.63. The number of carbonyl (C=O) groups excluding carboxylic acids is 1. The highest BCUT2D eigenvalue weighted by Crippen LogP contribution is 2.00. The van der Waals surface area contributed by atoms with Gasteiger partial charge in [0.2, 0.25) is 5.91 Å². The van der Waals surface area contributed by atoms with Crippen LogP contribution in [0.1, 0.15) is 27.2 Å². The predicted octanol–water partition coefficient (Wildman–Crippen LogP) is 1.24. The Morgan fingerprint density at radius 1 is 1.29 bits per heavy atom. The molecule has 0 fully saturated rings. The first-order valence-electron chi connectivity index (χ1n) is 5.18. The third-order valence-corrected chi connectivity index (χ3v) is 2.71. The van der Waals surface area contributed by atoms with Gasteiger partial charge in [-0.2, -0.15) is 11.8 Å². The lowest BCUT2D eigenvalue weighted by atomic mass is 10.4. The molecule has 0 aliphatic heterocycles. The highest BCUT2D eigenvalue weighted by atomic mass is 32.2. The fourth-order valence-electron chi connectivity index (χ4n) is 0.960. The van der Waals surface area contributed by atoms with Crippen molar-refractivity contribution >= 4 is 17.7 Å². The lowest BCUT2D eigenvalue weighted by Crippen LogP contribution is -2.25. The molecule has 0 saturated carbocycles. The van der Waals surface area contributed by atoms with E-state index in [0.717, 1.165) is 31.0 Å². The Hall–Kier alpha value is -0.220. The predicted molar refractivity (Wildman–Crippen MR) is 63.8 cm³/mol. The summed E-state index contributed by atoms with van der Waals surface area (Å²) in [5, 5.41) is 6.15. The summed E-state index contributed by atoms with van der Waals surface area (Å²) in [6, 6.07) is 0.579. The lowest BCUT2D eigenvalue weighted by molar-refractivity contribution is -0.118. The molecular weight excluding hydrogens is 196 g/mol. The van der Waals surface area contributed by atoms with E-state index >= 15 is 0 Å². The molecule has 1 amide bonds. The molecule has 0 radical (unpaired) electrons. The van der Waals surface area contributed by atoms with Crippen LogP contribution < -0.4 is 10.6 Å². The molecule has 0 spiro atoms. The SMILES string of the molecule is CC(=O)NCCCSCCNC(C)C. The molecule has 4 heteroatoms. The van der Waals surface area contributed by atoms with E-state index < -0.39 is 0 Å². The first kappa shape index (κ1) is 13.8. The Labute approximate surface area is 91.4 Å². The maximum Gasteiger partial charge on any atom is 0.216 e. The van der Waals surface area contributed by atoms with E-state index in [1.807, 2.05) is 11.8 Å². The van der Waals surface area contributed by atoms with Gasteiger partial charge in [0.1, 0.15) is 0 Å². The topological polar surface area (TPSA) is 41.1 Å². The van der Waals surface area contributed by atoms with Crippen molar-refractivity contribution in [3.8, 4) is 0 Å². The maximum absolute atomic E-state index is 10.5. The number of amides is 1. The molecule has 2 N–H and O–H groups in total. The van der Waals surface area contributed by atoms with Crippen LogP contribution in [-0.4, -0.2) is 36.5 Å². The minimum Gasteiger partial charge on any atom is -0.356 e. The molecule has 84 valence electrons. The molecule has 0 unspecified atom stereocenters. The zero-order valence-corrected chi connectivity index (χ0v) is 10.2. The van der Waals surface area contributed by atoms with Gasteiger partial charge >= 0.3 is 0 Å². The fraction of sp³-hybridized carbons (Fsp3) is 0.900. The van der Waals surface area contributed by atoms with E-state index in [9.17, 15) is 4.79 Å². The van der Waals surface area contributed by atoms with Crippen molar-refractivity contribution in [3.05, 3.63) is 0 Å². The Kier molecular flexibility index (Phi) is 9.19. The van der Waals surface area contributed by atoms with E-state index in [2.05, 4.69) is 24.5 Å². The summed E-state index contributed by atoms with van der Waals surface area (Å²) < 4.78 is 0. The van der Waals surface area contributed by atoms with Gasteiger partial charge in [0.25, 0.3) is 0 Å². The van der Waals surface area contributed by atoms with Gasteiger partial charge in [0, 0.05) is 31.8 Å². The Morgan fingerprint density at radius 2 is 2.00 bits per heavy atom. The van der Waals surface area contributed by atoms with Crippen molar-refractivity contribution in [2.24, 2.45) is 0 Å². The second-order valence-corrected chi connectivity index (χ2v) is 4.78. The van der Waals surface area contributed by atoms with E-state index in [0.29, 0.717) is 6.04 Å². The largest absolute Gasteiger partial charge is 0.356 e. The zero-order chi connectivity index (χ0) is 10.8. The summed E-state index contributed by atoms with van der Waals surface area (Å²) in [6.07, 6.45) is 1.06. The number of hydrogen-bond acceptors (Lipinski definition) is 3. The van der Waals surface area contributed by atoms with Crippen molar-refractivity contribution in [2.75, 3.05) is 24.6 Å². The number of hydrogen-bond donors (Lipinski definition) is 2. The molecule has 0 rings (SSSR count). The van der Waals surface area contributed by atoms with Crippen LogP contribution in [0.25, 0.3) is 0 Å². The van der Waals surface area contributed by atoms with Crippen LogP contribution in [0.2, 0.25) is 0 Å². The molecule has 0 aromatic heterocycles. The third kappa shape index (κ3) is 11.8. The summed E-state index contributed by atoms with van der Waals surface area (Å²) in [5.74, 6) is 2.34. The number of rotatable bonds is 8. The average molecular weight is 218 g/mol. The van der Waals surface area contributed by atoms with Crippen LogP contribution in [0.15, 0.2) is 0 Å². The van der Waals surface area contributed by atoms with Crippen LogP contribution in [0.3, 0.4) is 0 Å². The summed E-state index contributed by atoms with van der Waals surface area (Å²) in [4.78, 5) is 10.5. The molecule has 0 aromatic rings. The molecule has 3 nitrogen and oxygen atoms in total. The van der Waals surface area contributed by atoms with Crippen molar-refractivity contribution < 1.29 is 4.79 Å². The van der Waals surface area contributed by atoms with Crippen molar-refractivity contribution in [1.82, 2.24) is 10.6 Å². The molecule has 14 heavy (non-hydrogen) atoms. The number of nitrogens with one attached hydrogen (secondary N) is 2. The molecule has 0 heterocycles. The number of thioether (sulfide) groups is 1. The standard InChI is InChI=1S/C10H22N2OS/c1-9(2)11-6-8-14-7-4-5-12-10(3)13/h9,11H,4-8H2,1-3H3,(H,12,13). The van der Waals surface area contributed by atoms with Gasteiger partial charge in [-0.05, 0) is 12.2 Å². The quantitative estimate of drug-likeness (QED) is 0.602. The summed E-state index contributed by atoms with van der Waals surface area (Å²) in [7, 11) is 0. The van der Waals surface area contributed by atoms with Gasteiger partial charge in [0.15, 0.2) is 0 Å². The highest BCUT2D eigenvalue weighted by Gasteiger charge is 1.93. The Bertz CT molecular complexity index is 151. The van der Waals surface area contributed by atoms with Crippen LogP contribution in [0.5, 0.6) is 0 Å². The van der Waals surface area contributed by atoms with Crippen LogP contribution in [0, 0.1) is 0 Å². The smallest absolute Gasteiger partial charge is 0.216 e. The zero-order valence-electron chi connectivity index (χ0n) is 9.43. The summed E-state index contributed by atoms with van der Waals surface area (Å²) >= 11 is 1.93. The molecule has 0 aliphatic rings. The van der Waals surface area contributed by atoms with Gasteiger partial charge in [0.05, 0.1) is 0 Å². The highest BCUT2D eigenvalue weighted by molar-refractivity contribution is 7.99. The molecule has 0 bridgehead atoms. The van der Waals surface area contributed by atoms with Crippen LogP contribution in [-0.2, 0) is 4.79 Å². The van der Waals surface area contributed by atoms with E-state index in [1.165, 1.54) is 0 Å². The Morgan fingerprint density at radius 3 is 2.57 bits per heavy atom. The van der Waals surface area contributed by atoms with Crippen molar-refractivity contribution in [2.45, 2.75) is 33.2 Å². The minimum absolute atomic E-state index is 0.0662. The van der Waals surface area contributed by atoms with E-state index in [1.54, 1.807) is 6.92 Å². The lowest BCUT2D eigenvalue weighted by Gasteiger charge is -2.07. The second-order valence-electron chi connectivity index (χ2n) is 3.56. The Balaban J connectivity index is 2.96. The van der Waals surface area contributed by atoms with Gasteiger partial charge in [-0.3, -0.25) is 4.79 Å². The summed E-state index contributed by atoms with van der Waals surface area (Å²) in [6.45, 7) is 7.74. The van der Waals surface area contributed by atoms with Gasteiger partial charge in [-0.15, -0.1) is 0 Å². The molecule has 0 aliphatic carbocycles. The van der Waals surface area contributed by atoms with Crippen LogP contribution in [0.4, 0.5) is 0 Å². The summed E-state index contributed by atoms with van der Waals surface area (Å²) in [5.41, 5.74) is 0. The third-order valence-electron chi connectivity index (χ3n) is 1.64. The molecular formula is C10H22N2OS. The average Bonchev–Trinajstić information content (AvgIpc) is 2.08. The van der Waals surface area contributed by atoms with Crippen LogP contribution >= 0.6 is 11.8 Å². The fourth-order valence-corrected chi connectivity index (χ4v) is 1.78. The van der Waals surface area contributed by atoms with Gasteiger partial charge < -0.3 is 10.6 Å². The number of carbonyl (C=O) groups is 1. The van der Waals surface area contributed by atoms with Crippen molar-refractivity contribution in [3.63, 3.8) is 0 Å². The second kappa shape index (κ2) is 9.34. The van der Waals surface area contributed by atoms with Gasteiger partial charge in [-0.1, -0.05) is 13.8 Å². The molecule has 0 aromatic carbocycles. The van der Waals surface area contributed by atoms with Gasteiger partial charge in [-0.25, -0.2) is 0 Å². The molecule has 0 saturated heterocycles.